The van der Waals surface area contributed by atoms with E-state index in [1.165, 1.54) is 13.2 Å². The molecule has 0 aliphatic rings. The Kier molecular flexibility index (Phi) is 5.51. The Hall–Kier alpha value is -1.53. The van der Waals surface area contributed by atoms with Crippen LogP contribution in [-0.4, -0.2) is 31.6 Å². The zero-order valence-corrected chi connectivity index (χ0v) is 10.6. The first-order valence-corrected chi connectivity index (χ1v) is 5.76. The van der Waals surface area contributed by atoms with Crippen LogP contribution in [0, 0.1) is 17.7 Å². The van der Waals surface area contributed by atoms with Crippen LogP contribution in [0.25, 0.3) is 0 Å². The maximum Gasteiger partial charge on any atom is 0.166 e. The van der Waals surface area contributed by atoms with Crippen molar-refractivity contribution >= 4 is 0 Å². The van der Waals surface area contributed by atoms with Gasteiger partial charge < -0.3 is 4.74 Å². The SMILES string of the molecule is CCN(CC)CC#Cc1ccc(OC)c(F)c1. The van der Waals surface area contributed by atoms with Crippen LogP contribution >= 0.6 is 0 Å². The zero-order chi connectivity index (χ0) is 12.7. The summed E-state index contributed by atoms with van der Waals surface area (Å²) < 4.78 is 18.2. The van der Waals surface area contributed by atoms with E-state index in [0.717, 1.165) is 13.1 Å². The Balaban J connectivity index is 2.69. The topological polar surface area (TPSA) is 12.5 Å². The largest absolute Gasteiger partial charge is 0.494 e. The molecule has 17 heavy (non-hydrogen) atoms. The second kappa shape index (κ2) is 6.93. The third kappa shape index (κ3) is 4.08. The minimum absolute atomic E-state index is 0.249. The van der Waals surface area contributed by atoms with E-state index in [2.05, 4.69) is 30.6 Å². The highest BCUT2D eigenvalue weighted by molar-refractivity contribution is 5.39. The number of ether oxygens (including phenoxy) is 1. The van der Waals surface area contributed by atoms with Gasteiger partial charge >= 0.3 is 0 Å². The number of benzene rings is 1. The molecule has 0 saturated heterocycles. The van der Waals surface area contributed by atoms with Gasteiger partial charge in [0.1, 0.15) is 0 Å². The average molecular weight is 235 g/mol. The van der Waals surface area contributed by atoms with Gasteiger partial charge in [0.2, 0.25) is 0 Å². The molecule has 0 aromatic heterocycles. The second-order valence-electron chi connectivity index (χ2n) is 3.61. The molecule has 0 radical (unpaired) electrons. The van der Waals surface area contributed by atoms with E-state index >= 15 is 0 Å². The fourth-order valence-corrected chi connectivity index (χ4v) is 1.44. The maximum absolute atomic E-state index is 13.4. The highest BCUT2D eigenvalue weighted by atomic mass is 19.1. The lowest BCUT2D eigenvalue weighted by Crippen LogP contribution is -2.22. The van der Waals surface area contributed by atoms with E-state index < -0.39 is 0 Å². The second-order valence-corrected chi connectivity index (χ2v) is 3.61. The summed E-state index contributed by atoms with van der Waals surface area (Å²) in [7, 11) is 1.45. The predicted molar refractivity (Wildman–Crippen MR) is 67.6 cm³/mol. The van der Waals surface area contributed by atoms with Crippen molar-refractivity contribution in [1.82, 2.24) is 4.90 Å². The van der Waals surface area contributed by atoms with Crippen LogP contribution in [0.2, 0.25) is 0 Å². The number of methoxy groups -OCH3 is 1. The summed E-state index contributed by atoms with van der Waals surface area (Å²) in [6.07, 6.45) is 0. The number of nitrogens with zero attached hydrogens (tertiary/aromatic N) is 1. The molecule has 1 aromatic carbocycles. The normalized spacial score (nSPS) is 9.94. The zero-order valence-electron chi connectivity index (χ0n) is 10.6. The first-order valence-electron chi connectivity index (χ1n) is 5.76. The molecular weight excluding hydrogens is 217 g/mol. The van der Waals surface area contributed by atoms with E-state index in [4.69, 9.17) is 4.74 Å². The van der Waals surface area contributed by atoms with Crippen molar-refractivity contribution in [1.29, 1.82) is 0 Å². The summed E-state index contributed by atoms with van der Waals surface area (Å²) in [5, 5.41) is 0. The van der Waals surface area contributed by atoms with Gasteiger partial charge in [-0.25, -0.2) is 4.39 Å². The monoisotopic (exact) mass is 235 g/mol. The van der Waals surface area contributed by atoms with Crippen molar-refractivity contribution in [3.63, 3.8) is 0 Å². The van der Waals surface area contributed by atoms with Crippen molar-refractivity contribution in [2.75, 3.05) is 26.7 Å². The van der Waals surface area contributed by atoms with Gasteiger partial charge in [-0.05, 0) is 31.3 Å². The minimum Gasteiger partial charge on any atom is -0.494 e. The molecule has 0 bridgehead atoms. The first-order chi connectivity index (χ1) is 8.21. The Morgan fingerprint density at radius 3 is 2.53 bits per heavy atom. The number of hydrogen-bond acceptors (Lipinski definition) is 2. The highest BCUT2D eigenvalue weighted by Gasteiger charge is 2.01. The molecule has 3 heteroatoms. The third-order valence-corrected chi connectivity index (χ3v) is 2.58. The Labute approximate surface area is 102 Å². The smallest absolute Gasteiger partial charge is 0.166 e. The molecule has 2 nitrogen and oxygen atoms in total. The molecule has 0 fully saturated rings. The average Bonchev–Trinajstić information content (AvgIpc) is 2.35. The summed E-state index contributed by atoms with van der Waals surface area (Å²) in [4.78, 5) is 2.20. The Bertz CT molecular complexity index is 416. The predicted octanol–water partition coefficient (Wildman–Crippen LogP) is 2.53. The van der Waals surface area contributed by atoms with Crippen LogP contribution in [-0.2, 0) is 0 Å². The van der Waals surface area contributed by atoms with Crippen LogP contribution in [0.15, 0.2) is 18.2 Å². The lowest BCUT2D eigenvalue weighted by molar-refractivity contribution is 0.342. The lowest BCUT2D eigenvalue weighted by atomic mass is 10.2. The van der Waals surface area contributed by atoms with Gasteiger partial charge in [-0.1, -0.05) is 25.7 Å². The summed E-state index contributed by atoms with van der Waals surface area (Å²) >= 11 is 0. The van der Waals surface area contributed by atoms with E-state index in [-0.39, 0.29) is 11.6 Å². The van der Waals surface area contributed by atoms with Crippen molar-refractivity contribution in [3.05, 3.63) is 29.6 Å². The summed E-state index contributed by atoms with van der Waals surface area (Å²) in [5.74, 6) is 5.86. The van der Waals surface area contributed by atoms with E-state index in [0.29, 0.717) is 12.1 Å². The Morgan fingerprint density at radius 2 is 2.00 bits per heavy atom. The molecule has 0 amide bonds. The summed E-state index contributed by atoms with van der Waals surface area (Å²) in [6.45, 7) is 6.85. The fourth-order valence-electron chi connectivity index (χ4n) is 1.44. The van der Waals surface area contributed by atoms with Gasteiger partial charge in [0.15, 0.2) is 11.6 Å². The number of halogens is 1. The highest BCUT2D eigenvalue weighted by Crippen LogP contribution is 2.16. The maximum atomic E-state index is 13.4. The van der Waals surface area contributed by atoms with Crippen LogP contribution in [0.4, 0.5) is 4.39 Å². The molecule has 0 saturated carbocycles. The molecule has 0 atom stereocenters. The van der Waals surface area contributed by atoms with Gasteiger partial charge in [0.25, 0.3) is 0 Å². The fraction of sp³-hybridized carbons (Fsp3) is 0.429. The van der Waals surface area contributed by atoms with E-state index in [1.807, 2.05) is 0 Å². The van der Waals surface area contributed by atoms with Crippen molar-refractivity contribution in [2.45, 2.75) is 13.8 Å². The quantitative estimate of drug-likeness (QED) is 0.744. The minimum atomic E-state index is -0.373. The number of rotatable bonds is 4. The lowest BCUT2D eigenvalue weighted by Gasteiger charge is -2.13. The molecule has 0 heterocycles. The van der Waals surface area contributed by atoms with Gasteiger partial charge in [-0.2, -0.15) is 0 Å². The van der Waals surface area contributed by atoms with Gasteiger partial charge in [-0.15, -0.1) is 0 Å². The molecule has 0 unspecified atom stereocenters. The Morgan fingerprint density at radius 1 is 1.29 bits per heavy atom. The summed E-state index contributed by atoms with van der Waals surface area (Å²) in [6, 6.07) is 4.75. The van der Waals surface area contributed by atoms with E-state index in [9.17, 15) is 4.39 Å². The molecule has 0 N–H and O–H groups in total. The van der Waals surface area contributed by atoms with Crippen molar-refractivity contribution in [3.8, 4) is 17.6 Å². The molecule has 0 aliphatic carbocycles. The summed E-state index contributed by atoms with van der Waals surface area (Å²) in [5.41, 5.74) is 0.676. The molecule has 0 aliphatic heterocycles. The van der Waals surface area contributed by atoms with Crippen molar-refractivity contribution in [2.24, 2.45) is 0 Å². The first kappa shape index (κ1) is 13.5. The van der Waals surface area contributed by atoms with Gasteiger partial charge in [0.05, 0.1) is 13.7 Å². The number of hydrogen-bond donors (Lipinski definition) is 0. The van der Waals surface area contributed by atoms with Gasteiger partial charge in [-0.3, -0.25) is 4.90 Å². The molecule has 92 valence electrons. The third-order valence-electron chi connectivity index (χ3n) is 2.58. The molecule has 0 spiro atoms. The molecular formula is C14H18FNO. The van der Waals surface area contributed by atoms with Crippen LogP contribution in [0.1, 0.15) is 19.4 Å². The van der Waals surface area contributed by atoms with Crippen LogP contribution in [0.5, 0.6) is 5.75 Å². The molecule has 1 rings (SSSR count). The van der Waals surface area contributed by atoms with E-state index in [1.54, 1.807) is 12.1 Å². The van der Waals surface area contributed by atoms with Gasteiger partial charge in [0, 0.05) is 5.56 Å². The van der Waals surface area contributed by atoms with Crippen LogP contribution in [0.3, 0.4) is 0 Å². The van der Waals surface area contributed by atoms with Crippen LogP contribution < -0.4 is 4.74 Å². The van der Waals surface area contributed by atoms with Crippen molar-refractivity contribution < 1.29 is 9.13 Å². The standard InChI is InChI=1S/C14H18FNO/c1-4-16(5-2)10-6-7-12-8-9-14(17-3)13(15)11-12/h8-9,11H,4-5,10H2,1-3H3. The molecule has 1 aromatic rings.